The first-order valence-corrected chi connectivity index (χ1v) is 8.37. The van der Waals surface area contributed by atoms with E-state index < -0.39 is 0 Å². The Labute approximate surface area is 125 Å². The van der Waals surface area contributed by atoms with Crippen molar-refractivity contribution in [1.82, 2.24) is 10.2 Å². The van der Waals surface area contributed by atoms with E-state index in [4.69, 9.17) is 0 Å². The van der Waals surface area contributed by atoms with Gasteiger partial charge in [0, 0.05) is 6.54 Å². The molecule has 0 aromatic rings. The van der Waals surface area contributed by atoms with Crippen LogP contribution in [0.25, 0.3) is 0 Å². The molecule has 0 aliphatic heterocycles. The average molecular weight is 282 g/mol. The second-order valence-electron chi connectivity index (χ2n) is 5.35. The molecule has 0 saturated carbocycles. The molecular weight excluding hydrogens is 248 g/mol. The molecule has 118 valence electrons. The van der Waals surface area contributed by atoms with Crippen LogP contribution in [0.15, 0.2) is 12.7 Å². The summed E-state index contributed by atoms with van der Waals surface area (Å²) in [7, 11) is 0. The number of carbonyl (C=O) groups is 1. The molecule has 0 aromatic heterocycles. The van der Waals surface area contributed by atoms with Crippen LogP contribution in [0.1, 0.15) is 65.2 Å². The van der Waals surface area contributed by atoms with Crippen molar-refractivity contribution in [2.75, 3.05) is 26.2 Å². The van der Waals surface area contributed by atoms with Crippen molar-refractivity contribution in [3.05, 3.63) is 12.7 Å². The van der Waals surface area contributed by atoms with Crippen LogP contribution in [-0.2, 0) is 4.79 Å². The van der Waals surface area contributed by atoms with Crippen molar-refractivity contribution in [2.45, 2.75) is 65.2 Å². The molecule has 0 aromatic carbocycles. The lowest BCUT2D eigenvalue weighted by atomic mass is 10.1. The lowest BCUT2D eigenvalue weighted by Gasteiger charge is -2.17. The van der Waals surface area contributed by atoms with Crippen LogP contribution in [-0.4, -0.2) is 37.0 Å². The van der Waals surface area contributed by atoms with Gasteiger partial charge in [0.05, 0.1) is 0 Å². The summed E-state index contributed by atoms with van der Waals surface area (Å²) in [6.45, 7) is 12.3. The minimum absolute atomic E-state index is 0.0572. The summed E-state index contributed by atoms with van der Waals surface area (Å²) in [6.07, 6.45) is 11.7. The van der Waals surface area contributed by atoms with Crippen LogP contribution in [0, 0.1) is 0 Å². The number of amides is 1. The van der Waals surface area contributed by atoms with Gasteiger partial charge in [-0.25, -0.2) is 0 Å². The molecule has 0 rings (SSSR count). The van der Waals surface area contributed by atoms with Gasteiger partial charge in [0.25, 0.3) is 0 Å². The number of nitrogens with one attached hydrogen (secondary N) is 1. The Balaban J connectivity index is 3.13. The smallest absolute Gasteiger partial charge is 0.243 e. The maximum atomic E-state index is 10.9. The molecule has 0 unspecified atom stereocenters. The topological polar surface area (TPSA) is 32.3 Å². The molecule has 3 nitrogen and oxygen atoms in total. The fraction of sp³-hybridized carbons (Fsp3) is 0.824. The van der Waals surface area contributed by atoms with E-state index in [0.29, 0.717) is 0 Å². The number of hydrogen-bond donors (Lipinski definition) is 1. The highest BCUT2D eigenvalue weighted by Crippen LogP contribution is 2.08. The second kappa shape index (κ2) is 14.6. The van der Waals surface area contributed by atoms with Crippen LogP contribution >= 0.6 is 0 Å². The van der Waals surface area contributed by atoms with Crippen LogP contribution in [0.5, 0.6) is 0 Å². The zero-order valence-corrected chi connectivity index (χ0v) is 13.6. The maximum absolute atomic E-state index is 10.9. The molecule has 1 amide bonds. The van der Waals surface area contributed by atoms with Crippen molar-refractivity contribution in [2.24, 2.45) is 0 Å². The van der Waals surface area contributed by atoms with E-state index in [1.165, 1.54) is 70.7 Å². The molecule has 0 atom stereocenters. The zero-order valence-electron chi connectivity index (χ0n) is 13.6. The molecule has 20 heavy (non-hydrogen) atoms. The average Bonchev–Trinajstić information content (AvgIpc) is 2.48. The normalized spacial score (nSPS) is 10.8. The number of hydrogen-bond acceptors (Lipinski definition) is 2. The molecule has 0 bridgehead atoms. The summed E-state index contributed by atoms with van der Waals surface area (Å²) < 4.78 is 0. The van der Waals surface area contributed by atoms with Crippen molar-refractivity contribution in [3.8, 4) is 0 Å². The Kier molecular flexibility index (Phi) is 14.0. The van der Waals surface area contributed by atoms with E-state index in [2.05, 4.69) is 30.6 Å². The first kappa shape index (κ1) is 19.2. The van der Waals surface area contributed by atoms with Crippen LogP contribution in [0.3, 0.4) is 0 Å². The molecule has 0 fully saturated rings. The molecule has 3 heteroatoms. The minimum Gasteiger partial charge on any atom is -0.353 e. The fourth-order valence-corrected chi connectivity index (χ4v) is 2.34. The number of nitrogens with zero attached hydrogens (tertiary/aromatic N) is 1. The van der Waals surface area contributed by atoms with Crippen LogP contribution in [0.2, 0.25) is 0 Å². The van der Waals surface area contributed by atoms with E-state index >= 15 is 0 Å². The third-order valence-electron chi connectivity index (χ3n) is 3.78. The van der Waals surface area contributed by atoms with Gasteiger partial charge in [-0.1, -0.05) is 59.0 Å². The van der Waals surface area contributed by atoms with Gasteiger partial charge >= 0.3 is 0 Å². The largest absolute Gasteiger partial charge is 0.353 e. The van der Waals surface area contributed by atoms with Gasteiger partial charge in [0.2, 0.25) is 5.91 Å². The Hall–Kier alpha value is -0.830. The maximum Gasteiger partial charge on any atom is 0.243 e. The van der Waals surface area contributed by atoms with Crippen molar-refractivity contribution >= 4 is 5.91 Å². The quantitative estimate of drug-likeness (QED) is 0.389. The fourth-order valence-electron chi connectivity index (χ4n) is 2.34. The third kappa shape index (κ3) is 12.2. The molecule has 0 radical (unpaired) electrons. The second-order valence-corrected chi connectivity index (χ2v) is 5.35. The summed E-state index contributed by atoms with van der Waals surface area (Å²) in [6, 6.07) is 0. The van der Waals surface area contributed by atoms with Gasteiger partial charge in [-0.15, -0.1) is 0 Å². The molecule has 0 heterocycles. The number of unbranched alkanes of at least 4 members (excludes halogenated alkanes) is 7. The molecule has 0 aliphatic carbocycles. The van der Waals surface area contributed by atoms with Gasteiger partial charge in [-0.2, -0.15) is 0 Å². The first-order valence-electron chi connectivity index (χ1n) is 8.37. The summed E-state index contributed by atoms with van der Waals surface area (Å²) in [5.41, 5.74) is 0. The molecule has 0 aliphatic rings. The number of rotatable bonds is 14. The lowest BCUT2D eigenvalue weighted by molar-refractivity contribution is -0.116. The molecule has 0 spiro atoms. The molecule has 0 saturated heterocycles. The molecular formula is C17H34N2O. The van der Waals surface area contributed by atoms with Crippen molar-refractivity contribution in [3.63, 3.8) is 0 Å². The summed E-state index contributed by atoms with van der Waals surface area (Å²) in [5, 5.41) is 2.81. The number of carbonyl (C=O) groups excluding carboxylic acids is 1. The lowest BCUT2D eigenvalue weighted by Crippen LogP contribution is -2.23. The van der Waals surface area contributed by atoms with Gasteiger partial charge in [-0.05, 0) is 38.6 Å². The van der Waals surface area contributed by atoms with Crippen LogP contribution < -0.4 is 5.32 Å². The summed E-state index contributed by atoms with van der Waals surface area (Å²) in [4.78, 5) is 13.4. The molecule has 1 N–H and O–H groups in total. The summed E-state index contributed by atoms with van der Waals surface area (Å²) >= 11 is 0. The van der Waals surface area contributed by atoms with E-state index in [9.17, 15) is 4.79 Å². The zero-order chi connectivity index (χ0) is 15.1. The Morgan fingerprint density at radius 3 is 1.95 bits per heavy atom. The highest BCUT2D eigenvalue weighted by molar-refractivity contribution is 5.86. The summed E-state index contributed by atoms with van der Waals surface area (Å²) in [5.74, 6) is -0.0572. The van der Waals surface area contributed by atoms with Crippen LogP contribution in [0.4, 0.5) is 0 Å². The van der Waals surface area contributed by atoms with E-state index in [0.717, 1.165) is 13.0 Å². The predicted octanol–water partition coefficient (Wildman–Crippen LogP) is 3.75. The SMILES string of the molecule is C=CC(=O)NCCCCCCCCCCN(CC)CC. The minimum atomic E-state index is -0.0572. The van der Waals surface area contributed by atoms with E-state index in [1.54, 1.807) is 0 Å². The van der Waals surface area contributed by atoms with E-state index in [-0.39, 0.29) is 5.91 Å². The first-order chi connectivity index (χ1) is 9.74. The van der Waals surface area contributed by atoms with Gasteiger partial charge in [0.1, 0.15) is 0 Å². The van der Waals surface area contributed by atoms with Gasteiger partial charge in [-0.3, -0.25) is 4.79 Å². The standard InChI is InChI=1S/C17H34N2O/c1-4-17(20)18-15-13-11-9-7-8-10-12-14-16-19(5-2)6-3/h4H,1,5-16H2,2-3H3,(H,18,20). The highest BCUT2D eigenvalue weighted by atomic mass is 16.1. The monoisotopic (exact) mass is 282 g/mol. The van der Waals surface area contributed by atoms with Crippen molar-refractivity contribution < 1.29 is 4.79 Å². The van der Waals surface area contributed by atoms with Gasteiger partial charge < -0.3 is 10.2 Å². The van der Waals surface area contributed by atoms with Gasteiger partial charge in [0.15, 0.2) is 0 Å². The Morgan fingerprint density at radius 1 is 0.950 bits per heavy atom. The Bertz CT molecular complexity index is 237. The highest BCUT2D eigenvalue weighted by Gasteiger charge is 1.98. The third-order valence-corrected chi connectivity index (χ3v) is 3.78. The predicted molar refractivity (Wildman–Crippen MR) is 87.9 cm³/mol. The Morgan fingerprint density at radius 2 is 1.45 bits per heavy atom. The van der Waals surface area contributed by atoms with Crippen molar-refractivity contribution in [1.29, 1.82) is 0 Å². The van der Waals surface area contributed by atoms with E-state index in [1.807, 2.05) is 0 Å².